The maximum atomic E-state index is 12.3. The smallest absolute Gasteiger partial charge is 0.253 e. The van der Waals surface area contributed by atoms with Crippen LogP contribution in [0.4, 0.5) is 0 Å². The summed E-state index contributed by atoms with van der Waals surface area (Å²) in [6.45, 7) is 3.95. The van der Waals surface area contributed by atoms with E-state index in [1.807, 2.05) is 44.2 Å². The maximum Gasteiger partial charge on any atom is 0.253 e. The first-order valence-corrected chi connectivity index (χ1v) is 6.42. The highest BCUT2D eigenvalue weighted by Crippen LogP contribution is 2.14. The number of hydrogen-bond donors (Lipinski definition) is 1. The van der Waals surface area contributed by atoms with E-state index in [2.05, 4.69) is 10.3 Å². The van der Waals surface area contributed by atoms with Gasteiger partial charge in [-0.2, -0.15) is 0 Å². The fourth-order valence-corrected chi connectivity index (χ4v) is 2.12. The second-order valence-corrected chi connectivity index (χ2v) is 4.75. The van der Waals surface area contributed by atoms with Crippen molar-refractivity contribution >= 4 is 5.91 Å². The molecule has 1 unspecified atom stereocenters. The lowest BCUT2D eigenvalue weighted by Gasteiger charge is -2.17. The molecule has 1 atom stereocenters. The van der Waals surface area contributed by atoms with Gasteiger partial charge in [0.2, 0.25) is 0 Å². The largest absolute Gasteiger partial charge is 0.357 e. The molecular weight excluding hydrogens is 252 g/mol. The number of nitrogens with zero attached hydrogens (tertiary/aromatic N) is 1. The van der Waals surface area contributed by atoms with Crippen molar-refractivity contribution in [3.8, 4) is 0 Å². The van der Waals surface area contributed by atoms with E-state index in [1.165, 1.54) is 0 Å². The summed E-state index contributed by atoms with van der Waals surface area (Å²) in [6.07, 6.45) is 2.86. The summed E-state index contributed by atoms with van der Waals surface area (Å²) in [5.41, 5.74) is 3.62. The second-order valence-electron chi connectivity index (χ2n) is 4.75. The van der Waals surface area contributed by atoms with Crippen molar-refractivity contribution in [2.75, 3.05) is 7.11 Å². The first kappa shape index (κ1) is 14.2. The molecule has 1 heterocycles. The van der Waals surface area contributed by atoms with Gasteiger partial charge in [-0.15, -0.1) is 0 Å². The number of aryl methyl sites for hydroxylation is 2. The van der Waals surface area contributed by atoms with Gasteiger partial charge in [-0.3, -0.25) is 9.78 Å². The zero-order valence-electron chi connectivity index (χ0n) is 11.9. The Balaban J connectivity index is 2.17. The molecule has 1 amide bonds. The number of aromatic nitrogens is 1. The molecule has 1 N–H and O–H groups in total. The van der Waals surface area contributed by atoms with Crippen LogP contribution in [0, 0.1) is 13.8 Å². The number of pyridine rings is 1. The Kier molecular flexibility index (Phi) is 4.48. The van der Waals surface area contributed by atoms with Gasteiger partial charge in [-0.05, 0) is 38.1 Å². The molecular formula is C16H18N2O2. The highest BCUT2D eigenvalue weighted by molar-refractivity contribution is 5.94. The normalized spacial score (nSPS) is 11.9. The van der Waals surface area contributed by atoms with Crippen LogP contribution in [0.15, 0.2) is 42.7 Å². The van der Waals surface area contributed by atoms with Crippen molar-refractivity contribution in [1.29, 1.82) is 0 Å². The standard InChI is InChI=1S/C16H18N2O2/c1-11-8-12(2)10-14(9-11)15(19)18-16(20-3)13-4-6-17-7-5-13/h4-10,16H,1-3H3,(H,18,19). The summed E-state index contributed by atoms with van der Waals surface area (Å²) in [5.74, 6) is -0.152. The SMILES string of the molecule is COC(NC(=O)c1cc(C)cc(C)c1)c1ccncc1. The fourth-order valence-electron chi connectivity index (χ4n) is 2.12. The van der Waals surface area contributed by atoms with Crippen molar-refractivity contribution < 1.29 is 9.53 Å². The molecule has 20 heavy (non-hydrogen) atoms. The molecule has 1 aromatic carbocycles. The van der Waals surface area contributed by atoms with Crippen molar-refractivity contribution in [2.45, 2.75) is 20.1 Å². The van der Waals surface area contributed by atoms with Crippen LogP contribution in [0.5, 0.6) is 0 Å². The molecule has 4 heteroatoms. The summed E-state index contributed by atoms with van der Waals surface area (Å²) in [6, 6.07) is 9.39. The van der Waals surface area contributed by atoms with Crippen LogP contribution in [0.2, 0.25) is 0 Å². The molecule has 2 aromatic rings. The van der Waals surface area contributed by atoms with Crippen molar-refractivity contribution in [3.63, 3.8) is 0 Å². The van der Waals surface area contributed by atoms with Gasteiger partial charge in [0.05, 0.1) is 0 Å². The van der Waals surface area contributed by atoms with Crippen LogP contribution in [-0.2, 0) is 4.74 Å². The van der Waals surface area contributed by atoms with E-state index in [9.17, 15) is 4.79 Å². The van der Waals surface area contributed by atoms with Crippen molar-refractivity contribution in [3.05, 3.63) is 65.0 Å². The van der Waals surface area contributed by atoms with Gasteiger partial charge in [0.25, 0.3) is 5.91 Å². The molecule has 0 spiro atoms. The van der Waals surface area contributed by atoms with E-state index in [1.54, 1.807) is 19.5 Å². The average molecular weight is 270 g/mol. The topological polar surface area (TPSA) is 51.2 Å². The molecule has 0 aliphatic heterocycles. The zero-order chi connectivity index (χ0) is 14.5. The van der Waals surface area contributed by atoms with E-state index >= 15 is 0 Å². The number of carbonyl (C=O) groups excluding carboxylic acids is 1. The van der Waals surface area contributed by atoms with Gasteiger partial charge >= 0.3 is 0 Å². The first-order chi connectivity index (χ1) is 9.60. The number of carbonyl (C=O) groups is 1. The van der Waals surface area contributed by atoms with Crippen LogP contribution < -0.4 is 5.32 Å². The Hall–Kier alpha value is -2.20. The molecule has 0 bridgehead atoms. The third-order valence-corrected chi connectivity index (χ3v) is 2.99. The third-order valence-electron chi connectivity index (χ3n) is 2.99. The van der Waals surface area contributed by atoms with Crippen LogP contribution in [0.3, 0.4) is 0 Å². The first-order valence-electron chi connectivity index (χ1n) is 6.42. The van der Waals surface area contributed by atoms with Gasteiger partial charge in [-0.1, -0.05) is 17.2 Å². The summed E-state index contributed by atoms with van der Waals surface area (Å²) in [4.78, 5) is 16.2. The highest BCUT2D eigenvalue weighted by Gasteiger charge is 2.15. The van der Waals surface area contributed by atoms with Gasteiger partial charge in [0.1, 0.15) is 0 Å². The molecule has 104 valence electrons. The minimum Gasteiger partial charge on any atom is -0.357 e. The molecule has 0 radical (unpaired) electrons. The number of rotatable bonds is 4. The fraction of sp³-hybridized carbons (Fsp3) is 0.250. The quantitative estimate of drug-likeness (QED) is 0.869. The summed E-state index contributed by atoms with van der Waals surface area (Å²) in [7, 11) is 1.56. The monoisotopic (exact) mass is 270 g/mol. The maximum absolute atomic E-state index is 12.3. The number of benzene rings is 1. The molecule has 0 fully saturated rings. The van der Waals surface area contributed by atoms with E-state index in [0.717, 1.165) is 16.7 Å². The average Bonchev–Trinajstić information content (AvgIpc) is 2.44. The Morgan fingerprint density at radius 2 is 1.75 bits per heavy atom. The predicted molar refractivity (Wildman–Crippen MR) is 77.4 cm³/mol. The lowest BCUT2D eigenvalue weighted by atomic mass is 10.1. The Morgan fingerprint density at radius 1 is 1.15 bits per heavy atom. The van der Waals surface area contributed by atoms with Gasteiger partial charge in [0.15, 0.2) is 6.23 Å². The van der Waals surface area contributed by atoms with Gasteiger partial charge < -0.3 is 10.1 Å². The van der Waals surface area contributed by atoms with E-state index < -0.39 is 6.23 Å². The Bertz CT molecular complexity index is 576. The minimum absolute atomic E-state index is 0.152. The summed E-state index contributed by atoms with van der Waals surface area (Å²) < 4.78 is 5.33. The third kappa shape index (κ3) is 3.42. The Labute approximate surface area is 118 Å². The summed E-state index contributed by atoms with van der Waals surface area (Å²) >= 11 is 0. The summed E-state index contributed by atoms with van der Waals surface area (Å²) in [5, 5.41) is 2.86. The van der Waals surface area contributed by atoms with Gasteiger partial charge in [-0.25, -0.2) is 0 Å². The van der Waals surface area contributed by atoms with E-state index in [4.69, 9.17) is 4.74 Å². The number of hydrogen-bond acceptors (Lipinski definition) is 3. The molecule has 1 aromatic heterocycles. The highest BCUT2D eigenvalue weighted by atomic mass is 16.5. The van der Waals surface area contributed by atoms with E-state index in [-0.39, 0.29) is 5.91 Å². The molecule has 2 rings (SSSR count). The molecule has 0 aliphatic carbocycles. The van der Waals surface area contributed by atoms with Gasteiger partial charge in [0, 0.05) is 30.6 Å². The lowest BCUT2D eigenvalue weighted by molar-refractivity contribution is 0.0574. The van der Waals surface area contributed by atoms with Crippen molar-refractivity contribution in [1.82, 2.24) is 10.3 Å². The second kappa shape index (κ2) is 6.30. The molecule has 0 aliphatic rings. The van der Waals surface area contributed by atoms with Crippen molar-refractivity contribution in [2.24, 2.45) is 0 Å². The van der Waals surface area contributed by atoms with Crippen LogP contribution in [-0.4, -0.2) is 18.0 Å². The minimum atomic E-state index is -0.480. The van der Waals surface area contributed by atoms with E-state index in [0.29, 0.717) is 5.56 Å². The predicted octanol–water partition coefficient (Wildman–Crippen LogP) is 2.77. The number of methoxy groups -OCH3 is 1. The van der Waals surface area contributed by atoms with Crippen LogP contribution in [0.25, 0.3) is 0 Å². The molecule has 0 saturated heterocycles. The zero-order valence-corrected chi connectivity index (χ0v) is 11.9. The molecule has 4 nitrogen and oxygen atoms in total. The molecule has 0 saturated carbocycles. The number of nitrogens with one attached hydrogen (secondary N) is 1. The lowest BCUT2D eigenvalue weighted by Crippen LogP contribution is -2.29. The van der Waals surface area contributed by atoms with Crippen LogP contribution in [0.1, 0.15) is 33.3 Å². The number of amides is 1. The van der Waals surface area contributed by atoms with Crippen LogP contribution >= 0.6 is 0 Å². The Morgan fingerprint density at radius 3 is 2.30 bits per heavy atom. The number of ether oxygens (including phenoxy) is 1.